The van der Waals surface area contributed by atoms with Crippen LogP contribution in [0.3, 0.4) is 0 Å². The third-order valence-electron chi connectivity index (χ3n) is 3.79. The molecule has 3 N–H and O–H groups in total. The Balaban J connectivity index is 2.73. The number of aromatic carboxylic acids is 1. The smallest absolute Gasteiger partial charge is 0.337 e. The molecule has 1 unspecified atom stereocenters. The number of carboxylic acid groups (broad SMARTS) is 1. The van der Waals surface area contributed by atoms with Gasteiger partial charge in [-0.15, -0.1) is 0 Å². The Kier molecular flexibility index (Phi) is 6.88. The van der Waals surface area contributed by atoms with Crippen LogP contribution in [0.25, 0.3) is 0 Å². The van der Waals surface area contributed by atoms with Gasteiger partial charge in [0.25, 0.3) is 0 Å². The molecule has 0 bridgehead atoms. The summed E-state index contributed by atoms with van der Waals surface area (Å²) < 4.78 is 0. The summed E-state index contributed by atoms with van der Waals surface area (Å²) in [6.45, 7) is 2.72. The average Bonchev–Trinajstić information content (AvgIpc) is 2.50. The number of hydrogen-bond donors (Lipinski definition) is 2. The lowest BCUT2D eigenvalue weighted by Gasteiger charge is -2.21. The van der Waals surface area contributed by atoms with Gasteiger partial charge in [-0.25, -0.2) is 4.79 Å². The fourth-order valence-corrected chi connectivity index (χ4v) is 2.36. The van der Waals surface area contributed by atoms with Crippen LogP contribution in [-0.2, 0) is 4.79 Å². The van der Waals surface area contributed by atoms with E-state index in [9.17, 15) is 14.7 Å². The van der Waals surface area contributed by atoms with E-state index in [4.69, 9.17) is 5.73 Å². The predicted octanol–water partition coefficient (Wildman–Crippen LogP) is 2.50. The Labute approximate surface area is 125 Å². The van der Waals surface area contributed by atoms with Gasteiger partial charge in [-0.2, -0.15) is 0 Å². The van der Waals surface area contributed by atoms with E-state index < -0.39 is 5.97 Å². The molecule has 0 radical (unpaired) electrons. The lowest BCUT2D eigenvalue weighted by atomic mass is 9.96. The summed E-state index contributed by atoms with van der Waals surface area (Å²) in [4.78, 5) is 24.9. The van der Waals surface area contributed by atoms with Crippen LogP contribution in [0, 0.1) is 5.92 Å². The largest absolute Gasteiger partial charge is 0.478 e. The van der Waals surface area contributed by atoms with Crippen molar-refractivity contribution in [3.05, 3.63) is 29.8 Å². The van der Waals surface area contributed by atoms with Crippen LogP contribution in [0.2, 0.25) is 0 Å². The summed E-state index contributed by atoms with van der Waals surface area (Å²) in [6.07, 6.45) is 3.11. The van der Waals surface area contributed by atoms with E-state index in [1.54, 1.807) is 25.2 Å². The second kappa shape index (κ2) is 8.42. The lowest BCUT2D eigenvalue weighted by Crippen LogP contribution is -2.28. The first kappa shape index (κ1) is 17.2. The van der Waals surface area contributed by atoms with Gasteiger partial charge >= 0.3 is 5.97 Å². The topological polar surface area (TPSA) is 83.6 Å². The number of nitrogens with zero attached hydrogens (tertiary/aromatic N) is 1. The van der Waals surface area contributed by atoms with Crippen molar-refractivity contribution in [1.82, 2.24) is 0 Å². The van der Waals surface area contributed by atoms with Crippen LogP contribution in [0.15, 0.2) is 24.3 Å². The summed E-state index contributed by atoms with van der Waals surface area (Å²) >= 11 is 0. The molecule has 0 heterocycles. The highest BCUT2D eigenvalue weighted by molar-refractivity contribution is 6.01. The minimum Gasteiger partial charge on any atom is -0.478 e. The van der Waals surface area contributed by atoms with Gasteiger partial charge in [0, 0.05) is 13.5 Å². The van der Waals surface area contributed by atoms with E-state index in [1.165, 1.54) is 11.0 Å². The van der Waals surface area contributed by atoms with Crippen molar-refractivity contribution < 1.29 is 14.7 Å². The SMILES string of the molecule is CCC(CCN)CCC(=O)N(C)c1ccccc1C(=O)O. The maximum absolute atomic E-state index is 12.2. The third-order valence-corrected chi connectivity index (χ3v) is 3.79. The molecule has 0 aliphatic rings. The van der Waals surface area contributed by atoms with Crippen LogP contribution in [0.1, 0.15) is 43.0 Å². The summed E-state index contributed by atoms with van der Waals surface area (Å²) in [7, 11) is 1.62. The minimum absolute atomic E-state index is 0.0702. The molecule has 21 heavy (non-hydrogen) atoms. The van der Waals surface area contributed by atoms with Gasteiger partial charge in [0.15, 0.2) is 0 Å². The fourth-order valence-electron chi connectivity index (χ4n) is 2.36. The normalized spacial score (nSPS) is 12.0. The van der Waals surface area contributed by atoms with E-state index >= 15 is 0 Å². The molecule has 1 atom stereocenters. The first-order valence-electron chi connectivity index (χ1n) is 7.30. The number of amides is 1. The molecule has 0 aromatic heterocycles. The van der Waals surface area contributed by atoms with Crippen molar-refractivity contribution >= 4 is 17.6 Å². The molecule has 1 aromatic carbocycles. The van der Waals surface area contributed by atoms with Gasteiger partial charge in [-0.3, -0.25) is 4.79 Å². The molecule has 0 saturated heterocycles. The second-order valence-electron chi connectivity index (χ2n) is 5.17. The van der Waals surface area contributed by atoms with Gasteiger partial charge in [-0.05, 0) is 37.4 Å². The van der Waals surface area contributed by atoms with E-state index in [-0.39, 0.29) is 11.5 Å². The average molecular weight is 292 g/mol. The second-order valence-corrected chi connectivity index (χ2v) is 5.17. The van der Waals surface area contributed by atoms with Gasteiger partial charge in [-0.1, -0.05) is 25.5 Å². The molecule has 0 aliphatic heterocycles. The van der Waals surface area contributed by atoms with Crippen molar-refractivity contribution in [1.29, 1.82) is 0 Å². The summed E-state index contributed by atoms with van der Waals surface area (Å²) in [6, 6.07) is 6.54. The number of carboxylic acids is 1. The highest BCUT2D eigenvalue weighted by Crippen LogP contribution is 2.21. The molecule has 0 fully saturated rings. The highest BCUT2D eigenvalue weighted by Gasteiger charge is 2.18. The monoisotopic (exact) mass is 292 g/mol. The summed E-state index contributed by atoms with van der Waals surface area (Å²) in [5.74, 6) is -0.652. The number of hydrogen-bond acceptors (Lipinski definition) is 3. The van der Waals surface area contributed by atoms with Crippen molar-refractivity contribution in [2.75, 3.05) is 18.5 Å². The highest BCUT2D eigenvalue weighted by atomic mass is 16.4. The van der Waals surface area contributed by atoms with Crippen molar-refractivity contribution in [2.45, 2.75) is 32.6 Å². The van der Waals surface area contributed by atoms with Crippen LogP contribution < -0.4 is 10.6 Å². The number of carbonyl (C=O) groups excluding carboxylic acids is 1. The molecule has 5 heteroatoms. The first-order valence-corrected chi connectivity index (χ1v) is 7.30. The van der Waals surface area contributed by atoms with Crippen LogP contribution in [0.4, 0.5) is 5.69 Å². The molecule has 1 aromatic rings. The van der Waals surface area contributed by atoms with Crippen LogP contribution in [-0.4, -0.2) is 30.6 Å². The molecule has 0 saturated carbocycles. The zero-order valence-electron chi connectivity index (χ0n) is 12.7. The number of rotatable bonds is 8. The number of carbonyl (C=O) groups is 2. The van der Waals surface area contributed by atoms with Crippen molar-refractivity contribution in [3.63, 3.8) is 0 Å². The fraction of sp³-hybridized carbons (Fsp3) is 0.500. The molecule has 1 rings (SSSR count). The molecule has 0 spiro atoms. The minimum atomic E-state index is -1.03. The maximum Gasteiger partial charge on any atom is 0.337 e. The summed E-state index contributed by atoms with van der Waals surface area (Å²) in [5, 5.41) is 9.17. The molecular weight excluding hydrogens is 268 g/mol. The van der Waals surface area contributed by atoms with Gasteiger partial charge in [0.1, 0.15) is 0 Å². The Morgan fingerprint density at radius 3 is 2.52 bits per heavy atom. The standard InChI is InChI=1S/C16H24N2O3/c1-3-12(10-11-17)8-9-15(19)18(2)14-7-5-4-6-13(14)16(20)21/h4-7,12H,3,8-11,17H2,1-2H3,(H,20,21). The van der Waals surface area contributed by atoms with Crippen molar-refractivity contribution in [3.8, 4) is 0 Å². The number of anilines is 1. The molecule has 116 valence electrons. The number of nitrogens with two attached hydrogens (primary N) is 1. The Bertz CT molecular complexity index is 488. The zero-order valence-corrected chi connectivity index (χ0v) is 12.7. The molecular formula is C16H24N2O3. The maximum atomic E-state index is 12.2. The van der Waals surface area contributed by atoms with E-state index in [2.05, 4.69) is 6.92 Å². The van der Waals surface area contributed by atoms with Gasteiger partial charge < -0.3 is 15.7 Å². The van der Waals surface area contributed by atoms with Gasteiger partial charge in [0.05, 0.1) is 11.3 Å². The lowest BCUT2D eigenvalue weighted by molar-refractivity contribution is -0.118. The number of benzene rings is 1. The third kappa shape index (κ3) is 4.86. The van der Waals surface area contributed by atoms with Crippen molar-refractivity contribution in [2.24, 2.45) is 11.7 Å². The molecule has 1 amide bonds. The molecule has 5 nitrogen and oxygen atoms in total. The van der Waals surface area contributed by atoms with Gasteiger partial charge in [0.2, 0.25) is 5.91 Å². The predicted molar refractivity (Wildman–Crippen MR) is 83.5 cm³/mol. The Morgan fingerprint density at radius 1 is 1.29 bits per heavy atom. The van der Waals surface area contributed by atoms with Crippen LogP contribution in [0.5, 0.6) is 0 Å². The van der Waals surface area contributed by atoms with E-state index in [1.807, 2.05) is 0 Å². The number of para-hydroxylation sites is 1. The Hall–Kier alpha value is -1.88. The Morgan fingerprint density at radius 2 is 1.95 bits per heavy atom. The van der Waals surface area contributed by atoms with Crippen LogP contribution >= 0.6 is 0 Å². The van der Waals surface area contributed by atoms with E-state index in [0.29, 0.717) is 24.6 Å². The zero-order chi connectivity index (χ0) is 15.8. The first-order chi connectivity index (χ1) is 10.0. The molecule has 0 aliphatic carbocycles. The van der Waals surface area contributed by atoms with E-state index in [0.717, 1.165) is 19.3 Å². The summed E-state index contributed by atoms with van der Waals surface area (Å²) in [5.41, 5.74) is 6.13. The quantitative estimate of drug-likeness (QED) is 0.771.